The van der Waals surface area contributed by atoms with Gasteiger partial charge in [0.15, 0.2) is 5.92 Å². The van der Waals surface area contributed by atoms with Gasteiger partial charge in [0.05, 0.1) is 20.3 Å². The molecule has 0 aliphatic heterocycles. The Bertz CT molecular complexity index is 437. The zero-order chi connectivity index (χ0) is 15.0. The minimum absolute atomic E-state index is 0.229. The number of rotatable bonds is 7. The van der Waals surface area contributed by atoms with Gasteiger partial charge < -0.3 is 14.2 Å². The summed E-state index contributed by atoms with van der Waals surface area (Å²) < 4.78 is 15.0. The molecule has 0 amide bonds. The average molecular weight is 280 g/mol. The molecule has 0 fully saturated rings. The molecule has 0 heterocycles. The molecule has 0 atom stereocenters. The van der Waals surface area contributed by atoms with Crippen LogP contribution < -0.4 is 4.74 Å². The van der Waals surface area contributed by atoms with Crippen molar-refractivity contribution in [3.63, 3.8) is 0 Å². The summed E-state index contributed by atoms with van der Waals surface area (Å²) in [6, 6.07) is 7.22. The Morgan fingerprint density at radius 1 is 1.10 bits per heavy atom. The first-order valence-electron chi connectivity index (χ1n) is 6.58. The lowest BCUT2D eigenvalue weighted by Gasteiger charge is -2.14. The minimum Gasteiger partial charge on any atom is -0.497 e. The molecule has 0 aliphatic rings. The van der Waals surface area contributed by atoms with Gasteiger partial charge in [-0.05, 0) is 38.0 Å². The summed E-state index contributed by atoms with van der Waals surface area (Å²) in [5.74, 6) is -1.39. The van der Waals surface area contributed by atoms with E-state index in [0.717, 1.165) is 5.56 Å². The molecular weight excluding hydrogens is 260 g/mol. The fourth-order valence-electron chi connectivity index (χ4n) is 1.78. The van der Waals surface area contributed by atoms with Gasteiger partial charge in [-0.1, -0.05) is 12.1 Å². The Kier molecular flexibility index (Phi) is 6.56. The van der Waals surface area contributed by atoms with E-state index in [0.29, 0.717) is 5.75 Å². The van der Waals surface area contributed by atoms with Crippen LogP contribution in [0.4, 0.5) is 0 Å². The minimum atomic E-state index is -0.943. The van der Waals surface area contributed by atoms with E-state index in [2.05, 4.69) is 0 Å². The van der Waals surface area contributed by atoms with Gasteiger partial charge in [-0.2, -0.15) is 0 Å². The van der Waals surface area contributed by atoms with Gasteiger partial charge in [0.1, 0.15) is 5.75 Å². The molecule has 5 nitrogen and oxygen atoms in total. The highest BCUT2D eigenvalue weighted by atomic mass is 16.6. The van der Waals surface area contributed by atoms with Crippen molar-refractivity contribution in [1.29, 1.82) is 0 Å². The Balaban J connectivity index is 2.87. The molecule has 0 radical (unpaired) electrons. The molecule has 1 aromatic carbocycles. The van der Waals surface area contributed by atoms with Crippen LogP contribution in [0.5, 0.6) is 5.75 Å². The lowest BCUT2D eigenvalue weighted by Crippen LogP contribution is -2.30. The Morgan fingerprint density at radius 3 is 2.20 bits per heavy atom. The number of carbonyl (C=O) groups is 2. The average Bonchev–Trinajstić information content (AvgIpc) is 2.45. The summed E-state index contributed by atoms with van der Waals surface area (Å²) in [7, 11) is 1.56. The molecule has 110 valence electrons. The van der Waals surface area contributed by atoms with Gasteiger partial charge in [-0.25, -0.2) is 0 Å². The second-order valence-corrected chi connectivity index (χ2v) is 4.11. The first-order valence-corrected chi connectivity index (χ1v) is 6.58. The number of benzene rings is 1. The van der Waals surface area contributed by atoms with Crippen LogP contribution in [0.2, 0.25) is 0 Å². The maximum Gasteiger partial charge on any atom is 0.320 e. The molecule has 1 aromatic rings. The molecule has 0 saturated heterocycles. The second-order valence-electron chi connectivity index (χ2n) is 4.11. The smallest absolute Gasteiger partial charge is 0.320 e. The normalized spacial score (nSPS) is 10.2. The van der Waals surface area contributed by atoms with Crippen molar-refractivity contribution in [3.8, 4) is 5.75 Å². The van der Waals surface area contributed by atoms with E-state index in [1.54, 1.807) is 33.1 Å². The first kappa shape index (κ1) is 16.0. The van der Waals surface area contributed by atoms with Gasteiger partial charge in [-0.3, -0.25) is 9.59 Å². The summed E-state index contributed by atoms with van der Waals surface area (Å²) in [4.78, 5) is 23.7. The standard InChI is InChI=1S/C15H20O5/c1-4-19-14(16)13(15(17)20-5-2)10-11-7-6-8-12(9-11)18-3/h6-9,13H,4-5,10H2,1-3H3. The lowest BCUT2D eigenvalue weighted by atomic mass is 9.99. The van der Waals surface area contributed by atoms with Crippen LogP contribution in [-0.4, -0.2) is 32.3 Å². The van der Waals surface area contributed by atoms with E-state index >= 15 is 0 Å². The number of carbonyl (C=O) groups excluding carboxylic acids is 2. The van der Waals surface area contributed by atoms with E-state index in [1.807, 2.05) is 12.1 Å². The molecule has 0 aliphatic carbocycles. The molecule has 20 heavy (non-hydrogen) atoms. The number of esters is 2. The van der Waals surface area contributed by atoms with Gasteiger partial charge >= 0.3 is 11.9 Å². The van der Waals surface area contributed by atoms with Crippen LogP contribution in [-0.2, 0) is 25.5 Å². The van der Waals surface area contributed by atoms with Crippen molar-refractivity contribution >= 4 is 11.9 Å². The summed E-state index contributed by atoms with van der Waals surface area (Å²) in [5.41, 5.74) is 0.815. The van der Waals surface area contributed by atoms with E-state index in [-0.39, 0.29) is 19.6 Å². The predicted molar refractivity (Wildman–Crippen MR) is 73.5 cm³/mol. The summed E-state index contributed by atoms with van der Waals surface area (Å²) in [6.45, 7) is 3.86. The molecule has 0 spiro atoms. The summed E-state index contributed by atoms with van der Waals surface area (Å²) in [6.07, 6.45) is 0.231. The fraction of sp³-hybridized carbons (Fsp3) is 0.467. The fourth-order valence-corrected chi connectivity index (χ4v) is 1.78. The molecule has 0 bridgehead atoms. The van der Waals surface area contributed by atoms with Crippen LogP contribution >= 0.6 is 0 Å². The van der Waals surface area contributed by atoms with Crippen molar-refractivity contribution in [2.24, 2.45) is 5.92 Å². The maximum atomic E-state index is 11.9. The van der Waals surface area contributed by atoms with Crippen LogP contribution in [0, 0.1) is 5.92 Å². The van der Waals surface area contributed by atoms with Crippen LogP contribution in [0.25, 0.3) is 0 Å². The zero-order valence-electron chi connectivity index (χ0n) is 12.0. The third-order valence-corrected chi connectivity index (χ3v) is 2.72. The number of ether oxygens (including phenoxy) is 3. The number of hydrogen-bond donors (Lipinski definition) is 0. The molecule has 0 saturated carbocycles. The van der Waals surface area contributed by atoms with Crippen molar-refractivity contribution in [1.82, 2.24) is 0 Å². The monoisotopic (exact) mass is 280 g/mol. The summed E-state index contributed by atoms with van der Waals surface area (Å²) in [5, 5.41) is 0. The quantitative estimate of drug-likeness (QED) is 0.564. The highest BCUT2D eigenvalue weighted by Crippen LogP contribution is 2.18. The molecule has 0 N–H and O–H groups in total. The zero-order valence-corrected chi connectivity index (χ0v) is 12.0. The number of hydrogen-bond acceptors (Lipinski definition) is 5. The van der Waals surface area contributed by atoms with Gasteiger partial charge in [0.25, 0.3) is 0 Å². The Hall–Kier alpha value is -2.04. The third kappa shape index (κ3) is 4.57. The number of methoxy groups -OCH3 is 1. The van der Waals surface area contributed by atoms with E-state index in [4.69, 9.17) is 14.2 Å². The second kappa shape index (κ2) is 8.19. The van der Waals surface area contributed by atoms with Gasteiger partial charge in [0, 0.05) is 0 Å². The highest BCUT2D eigenvalue weighted by Gasteiger charge is 2.29. The lowest BCUT2D eigenvalue weighted by molar-refractivity contribution is -0.161. The van der Waals surface area contributed by atoms with Crippen molar-refractivity contribution in [2.75, 3.05) is 20.3 Å². The van der Waals surface area contributed by atoms with Gasteiger partial charge in [-0.15, -0.1) is 0 Å². The van der Waals surface area contributed by atoms with E-state index < -0.39 is 17.9 Å². The topological polar surface area (TPSA) is 61.8 Å². The largest absolute Gasteiger partial charge is 0.497 e. The van der Waals surface area contributed by atoms with Crippen molar-refractivity contribution < 1.29 is 23.8 Å². The predicted octanol–water partition coefficient (Wildman–Crippen LogP) is 1.98. The van der Waals surface area contributed by atoms with Crippen LogP contribution in [0.3, 0.4) is 0 Å². The molecule has 5 heteroatoms. The SMILES string of the molecule is CCOC(=O)C(Cc1cccc(OC)c1)C(=O)OCC. The molecular formula is C15H20O5. The van der Waals surface area contributed by atoms with Crippen molar-refractivity contribution in [3.05, 3.63) is 29.8 Å². The molecule has 1 rings (SSSR count). The summed E-state index contributed by atoms with van der Waals surface area (Å²) >= 11 is 0. The van der Waals surface area contributed by atoms with Crippen molar-refractivity contribution in [2.45, 2.75) is 20.3 Å². The molecule has 0 aromatic heterocycles. The van der Waals surface area contributed by atoms with E-state index in [1.165, 1.54) is 0 Å². The highest BCUT2D eigenvalue weighted by molar-refractivity contribution is 5.95. The maximum absolute atomic E-state index is 11.9. The van der Waals surface area contributed by atoms with Gasteiger partial charge in [0.2, 0.25) is 0 Å². The van der Waals surface area contributed by atoms with Crippen LogP contribution in [0.15, 0.2) is 24.3 Å². The van der Waals surface area contributed by atoms with Crippen LogP contribution in [0.1, 0.15) is 19.4 Å². The first-order chi connectivity index (χ1) is 9.62. The molecule has 0 unspecified atom stereocenters. The third-order valence-electron chi connectivity index (χ3n) is 2.72. The Morgan fingerprint density at radius 2 is 1.70 bits per heavy atom. The Labute approximate surface area is 118 Å². The van der Waals surface area contributed by atoms with E-state index in [9.17, 15) is 9.59 Å².